The number of oxazole rings is 1. The molecule has 0 amide bonds. The molecule has 1 N–H and O–H groups in total. The van der Waals surface area contributed by atoms with Crippen molar-refractivity contribution in [2.45, 2.75) is 36.7 Å². The number of nitrogens with zero attached hydrogens (tertiary/aromatic N) is 1. The van der Waals surface area contributed by atoms with E-state index in [1.165, 1.54) is 12.1 Å². The van der Waals surface area contributed by atoms with Gasteiger partial charge in [-0.3, -0.25) is 0 Å². The standard InChI is InChI=1S/C13H12F3NO2S/c1-7-8(2)19-12(17-7)20-11-4-3-9(6-18)5-10(11)13(14,15)16/h3-5,18H,6H2,1-2H3. The molecule has 2 rings (SSSR count). The summed E-state index contributed by atoms with van der Waals surface area (Å²) in [5, 5.41) is 9.11. The van der Waals surface area contributed by atoms with Gasteiger partial charge in [0.1, 0.15) is 5.76 Å². The fourth-order valence-corrected chi connectivity index (χ4v) is 2.53. The van der Waals surface area contributed by atoms with Crippen LogP contribution in [0.25, 0.3) is 0 Å². The summed E-state index contributed by atoms with van der Waals surface area (Å²) < 4.78 is 44.3. The fourth-order valence-electron chi connectivity index (χ4n) is 1.57. The van der Waals surface area contributed by atoms with Crippen molar-refractivity contribution in [1.29, 1.82) is 0 Å². The molecule has 1 aromatic heterocycles. The zero-order valence-corrected chi connectivity index (χ0v) is 11.6. The summed E-state index contributed by atoms with van der Waals surface area (Å²) in [4.78, 5) is 4.05. The second-order valence-corrected chi connectivity index (χ2v) is 5.20. The van der Waals surface area contributed by atoms with Gasteiger partial charge in [0.25, 0.3) is 5.22 Å². The highest BCUT2D eigenvalue weighted by atomic mass is 32.2. The zero-order chi connectivity index (χ0) is 14.9. The lowest BCUT2D eigenvalue weighted by atomic mass is 10.1. The van der Waals surface area contributed by atoms with E-state index in [9.17, 15) is 13.2 Å². The molecule has 1 heterocycles. The number of alkyl halides is 3. The van der Waals surface area contributed by atoms with Gasteiger partial charge >= 0.3 is 6.18 Å². The summed E-state index contributed by atoms with van der Waals surface area (Å²) in [6.07, 6.45) is -4.50. The van der Waals surface area contributed by atoms with Crippen LogP contribution in [-0.4, -0.2) is 10.1 Å². The van der Waals surface area contributed by atoms with Crippen molar-refractivity contribution < 1.29 is 22.7 Å². The van der Waals surface area contributed by atoms with Crippen LogP contribution in [0.5, 0.6) is 0 Å². The minimum absolute atomic E-state index is 0.00375. The monoisotopic (exact) mass is 303 g/mol. The van der Waals surface area contributed by atoms with Crippen molar-refractivity contribution in [1.82, 2.24) is 4.98 Å². The third-order valence-electron chi connectivity index (χ3n) is 2.74. The summed E-state index contributed by atoms with van der Waals surface area (Å²) in [5.41, 5.74) is 0.0528. The summed E-state index contributed by atoms with van der Waals surface area (Å²) in [6.45, 7) is 2.99. The maximum absolute atomic E-state index is 13.0. The minimum atomic E-state index is -4.50. The molecule has 0 aliphatic heterocycles. The molecule has 0 spiro atoms. The Bertz CT molecular complexity index is 603. The zero-order valence-electron chi connectivity index (χ0n) is 10.8. The Labute approximate surface area is 117 Å². The lowest BCUT2D eigenvalue weighted by Gasteiger charge is -2.12. The summed E-state index contributed by atoms with van der Waals surface area (Å²) >= 11 is 0.816. The van der Waals surface area contributed by atoms with Crippen LogP contribution < -0.4 is 0 Å². The Morgan fingerprint density at radius 1 is 1.30 bits per heavy atom. The van der Waals surface area contributed by atoms with Gasteiger partial charge in [-0.25, -0.2) is 4.98 Å². The lowest BCUT2D eigenvalue weighted by molar-refractivity contribution is -0.139. The first-order valence-corrected chi connectivity index (χ1v) is 6.55. The molecule has 0 saturated carbocycles. The van der Waals surface area contributed by atoms with Gasteiger partial charge in [-0.15, -0.1) is 0 Å². The smallest absolute Gasteiger partial charge is 0.417 e. The predicted molar refractivity (Wildman–Crippen MR) is 67.5 cm³/mol. The van der Waals surface area contributed by atoms with Crippen molar-refractivity contribution >= 4 is 11.8 Å². The first kappa shape index (κ1) is 14.9. The molecule has 108 valence electrons. The number of benzene rings is 1. The summed E-state index contributed by atoms with van der Waals surface area (Å²) in [7, 11) is 0. The molecule has 0 aliphatic carbocycles. The van der Waals surface area contributed by atoms with Crippen LogP contribution in [0.2, 0.25) is 0 Å². The minimum Gasteiger partial charge on any atom is -0.436 e. The normalized spacial score (nSPS) is 11.9. The van der Waals surface area contributed by atoms with Crippen molar-refractivity contribution in [3.63, 3.8) is 0 Å². The van der Waals surface area contributed by atoms with E-state index in [-0.39, 0.29) is 15.7 Å². The quantitative estimate of drug-likeness (QED) is 0.932. The number of aliphatic hydroxyl groups is 1. The van der Waals surface area contributed by atoms with Crippen molar-refractivity contribution in [3.05, 3.63) is 40.8 Å². The van der Waals surface area contributed by atoms with E-state index in [2.05, 4.69) is 4.98 Å². The highest BCUT2D eigenvalue weighted by Crippen LogP contribution is 2.40. The Morgan fingerprint density at radius 2 is 2.00 bits per heavy atom. The molecule has 7 heteroatoms. The Kier molecular flexibility index (Phi) is 4.10. The topological polar surface area (TPSA) is 46.3 Å². The van der Waals surface area contributed by atoms with Crippen LogP contribution in [-0.2, 0) is 12.8 Å². The highest BCUT2D eigenvalue weighted by Gasteiger charge is 2.34. The Balaban J connectivity index is 2.40. The molecule has 0 saturated heterocycles. The van der Waals surface area contributed by atoms with Gasteiger partial charge in [0.2, 0.25) is 0 Å². The Hall–Kier alpha value is -1.47. The molecule has 0 unspecified atom stereocenters. The van der Waals surface area contributed by atoms with Crippen molar-refractivity contribution in [3.8, 4) is 0 Å². The first-order chi connectivity index (χ1) is 9.31. The van der Waals surface area contributed by atoms with Gasteiger partial charge in [0.05, 0.1) is 17.9 Å². The average Bonchev–Trinajstić information content (AvgIpc) is 2.67. The second-order valence-electron chi connectivity index (χ2n) is 4.21. The van der Waals surface area contributed by atoms with Gasteiger partial charge < -0.3 is 9.52 Å². The number of aromatic nitrogens is 1. The van der Waals surface area contributed by atoms with Gasteiger partial charge in [-0.2, -0.15) is 13.2 Å². The largest absolute Gasteiger partial charge is 0.436 e. The molecule has 0 fully saturated rings. The molecular formula is C13H12F3NO2S. The van der Waals surface area contributed by atoms with Crippen LogP contribution in [0.15, 0.2) is 32.7 Å². The molecule has 2 aromatic rings. The number of rotatable bonds is 3. The van der Waals surface area contributed by atoms with Crippen LogP contribution in [0.4, 0.5) is 13.2 Å². The van der Waals surface area contributed by atoms with Gasteiger partial charge in [-0.05, 0) is 43.3 Å². The lowest BCUT2D eigenvalue weighted by Crippen LogP contribution is -2.07. The van der Waals surface area contributed by atoms with Crippen molar-refractivity contribution in [2.24, 2.45) is 0 Å². The van der Waals surface area contributed by atoms with E-state index in [0.717, 1.165) is 17.8 Å². The number of halogens is 3. The van der Waals surface area contributed by atoms with Gasteiger partial charge in [0, 0.05) is 4.90 Å². The van der Waals surface area contributed by atoms with Crippen molar-refractivity contribution in [2.75, 3.05) is 0 Å². The molecule has 1 aromatic carbocycles. The average molecular weight is 303 g/mol. The first-order valence-electron chi connectivity index (χ1n) is 5.74. The fraction of sp³-hybridized carbons (Fsp3) is 0.308. The molecular weight excluding hydrogens is 291 g/mol. The van der Waals surface area contributed by atoms with E-state index in [1.807, 2.05) is 0 Å². The number of hydrogen-bond donors (Lipinski definition) is 1. The van der Waals surface area contributed by atoms with E-state index in [1.54, 1.807) is 13.8 Å². The summed E-state index contributed by atoms with van der Waals surface area (Å²) in [5.74, 6) is 0.577. The highest BCUT2D eigenvalue weighted by molar-refractivity contribution is 7.99. The van der Waals surface area contributed by atoms with E-state index in [4.69, 9.17) is 9.52 Å². The molecule has 0 atom stereocenters. The molecule has 0 aliphatic rings. The van der Waals surface area contributed by atoms with E-state index >= 15 is 0 Å². The Morgan fingerprint density at radius 3 is 2.50 bits per heavy atom. The molecule has 0 radical (unpaired) electrons. The van der Waals surface area contributed by atoms with Gasteiger partial charge in [-0.1, -0.05) is 6.07 Å². The van der Waals surface area contributed by atoms with Crippen LogP contribution in [0.1, 0.15) is 22.6 Å². The van der Waals surface area contributed by atoms with Crippen LogP contribution in [0.3, 0.4) is 0 Å². The molecule has 3 nitrogen and oxygen atoms in total. The van der Waals surface area contributed by atoms with E-state index < -0.39 is 18.3 Å². The summed E-state index contributed by atoms with van der Waals surface area (Å²) in [6, 6.07) is 3.69. The SMILES string of the molecule is Cc1nc(Sc2ccc(CO)cc2C(F)(F)F)oc1C. The molecule has 0 bridgehead atoms. The second kappa shape index (κ2) is 5.49. The van der Waals surface area contributed by atoms with Gasteiger partial charge in [0.15, 0.2) is 0 Å². The molecule has 20 heavy (non-hydrogen) atoms. The van der Waals surface area contributed by atoms with Crippen LogP contribution >= 0.6 is 11.8 Å². The number of aliphatic hydroxyl groups excluding tert-OH is 1. The maximum atomic E-state index is 13.0. The third-order valence-corrected chi connectivity index (χ3v) is 3.66. The van der Waals surface area contributed by atoms with E-state index in [0.29, 0.717) is 11.5 Å². The predicted octanol–water partition coefficient (Wildman–Crippen LogP) is 3.95. The van der Waals surface area contributed by atoms with Crippen LogP contribution in [0, 0.1) is 13.8 Å². The third kappa shape index (κ3) is 3.16. The number of aryl methyl sites for hydroxylation is 2. The maximum Gasteiger partial charge on any atom is 0.417 e. The number of hydrogen-bond acceptors (Lipinski definition) is 4.